The molecule has 1 aliphatic heterocycles. The SMILES string of the molecule is NCCCC[C@@H]1NC(=O)c2cc([N+](=O)[O-])ccc2Nc2cc(C(N)=O)ccc2CNC(=O)[C@H](CO)NC1=O. The lowest BCUT2D eigenvalue weighted by molar-refractivity contribution is -0.384. The maximum absolute atomic E-state index is 13.4. The van der Waals surface area contributed by atoms with E-state index >= 15 is 0 Å². The van der Waals surface area contributed by atoms with Gasteiger partial charge in [-0.3, -0.25) is 29.3 Å². The molecule has 0 spiro atoms. The first-order valence-electron chi connectivity index (χ1n) is 11.8. The van der Waals surface area contributed by atoms with Crippen LogP contribution in [0.15, 0.2) is 36.4 Å². The quantitative estimate of drug-likeness (QED) is 0.143. The summed E-state index contributed by atoms with van der Waals surface area (Å²) >= 11 is 0. The Kier molecular flexibility index (Phi) is 9.29. The summed E-state index contributed by atoms with van der Waals surface area (Å²) in [7, 11) is 0. The second-order valence-electron chi connectivity index (χ2n) is 8.62. The Morgan fingerprint density at radius 2 is 1.79 bits per heavy atom. The lowest BCUT2D eigenvalue weighted by atomic mass is 10.0. The number of nitrogens with one attached hydrogen (secondary N) is 4. The highest BCUT2D eigenvalue weighted by molar-refractivity contribution is 6.03. The molecule has 2 atom stereocenters. The molecule has 0 fully saturated rings. The molecule has 202 valence electrons. The number of hydrogen-bond donors (Lipinski definition) is 7. The van der Waals surface area contributed by atoms with E-state index in [1.165, 1.54) is 30.3 Å². The van der Waals surface area contributed by atoms with Crippen LogP contribution in [0, 0.1) is 10.1 Å². The molecule has 0 aromatic heterocycles. The number of aliphatic hydroxyl groups excluding tert-OH is 1. The molecule has 1 heterocycles. The summed E-state index contributed by atoms with van der Waals surface area (Å²) < 4.78 is 0. The van der Waals surface area contributed by atoms with Crippen LogP contribution in [-0.2, 0) is 16.1 Å². The van der Waals surface area contributed by atoms with Crippen LogP contribution >= 0.6 is 0 Å². The Morgan fingerprint density at radius 3 is 2.45 bits per heavy atom. The summed E-state index contributed by atoms with van der Waals surface area (Å²) in [4.78, 5) is 61.6. The number of carbonyl (C=O) groups is 4. The molecule has 1 aliphatic rings. The van der Waals surface area contributed by atoms with E-state index in [2.05, 4.69) is 21.3 Å². The third-order valence-corrected chi connectivity index (χ3v) is 5.96. The standard InChI is InChI=1S/C24H29N7O7/c25-8-2-1-3-18-24(36)30-20(12-32)23(35)27-11-14-5-4-13(21(26)33)9-19(14)28-17-7-6-15(31(37)38)10-16(17)22(34)29-18/h4-7,9-10,18,20,28,32H,1-3,8,11-12,25H2,(H2,26,33)(H,27,35)(H,29,34)(H,30,36)/t18-,20-/m0/s1. The number of rotatable bonds is 7. The fourth-order valence-electron chi connectivity index (χ4n) is 3.86. The number of nitro benzene ring substituents is 1. The number of primary amides is 1. The number of nitrogens with two attached hydrogens (primary N) is 2. The van der Waals surface area contributed by atoms with Crippen molar-refractivity contribution in [3.63, 3.8) is 0 Å². The number of nitrogens with zero attached hydrogens (tertiary/aromatic N) is 1. The molecule has 2 aromatic rings. The van der Waals surface area contributed by atoms with Gasteiger partial charge >= 0.3 is 0 Å². The Labute approximate surface area is 217 Å². The minimum atomic E-state index is -1.31. The van der Waals surface area contributed by atoms with Crippen molar-refractivity contribution in [2.45, 2.75) is 37.9 Å². The number of carbonyl (C=O) groups excluding carboxylic acids is 4. The van der Waals surface area contributed by atoms with Gasteiger partial charge in [0, 0.05) is 29.9 Å². The van der Waals surface area contributed by atoms with Crippen molar-refractivity contribution < 1.29 is 29.2 Å². The molecule has 0 saturated heterocycles. The van der Waals surface area contributed by atoms with E-state index < -0.39 is 47.2 Å². The van der Waals surface area contributed by atoms with Gasteiger partial charge in [-0.05, 0) is 49.6 Å². The number of anilines is 2. The van der Waals surface area contributed by atoms with Crippen LogP contribution in [0.4, 0.5) is 17.1 Å². The number of aliphatic hydroxyl groups is 1. The van der Waals surface area contributed by atoms with Crippen LogP contribution in [-0.4, -0.2) is 58.9 Å². The average molecular weight is 528 g/mol. The summed E-state index contributed by atoms with van der Waals surface area (Å²) in [6.07, 6.45) is 1.19. The Hall–Kier alpha value is -4.56. The fraction of sp³-hybridized carbons (Fsp3) is 0.333. The summed E-state index contributed by atoms with van der Waals surface area (Å²) in [6, 6.07) is 5.53. The highest BCUT2D eigenvalue weighted by Crippen LogP contribution is 2.28. The monoisotopic (exact) mass is 527 g/mol. The Morgan fingerprint density at radius 1 is 1.03 bits per heavy atom. The number of amides is 4. The number of nitro groups is 1. The van der Waals surface area contributed by atoms with Crippen LogP contribution < -0.4 is 32.7 Å². The Bertz CT molecular complexity index is 1250. The number of unbranched alkanes of at least 4 members (excludes halogenated alkanes) is 1. The van der Waals surface area contributed by atoms with Crippen LogP contribution in [0.3, 0.4) is 0 Å². The lowest BCUT2D eigenvalue weighted by Gasteiger charge is -2.24. The maximum Gasteiger partial charge on any atom is 0.270 e. The van der Waals surface area contributed by atoms with E-state index in [4.69, 9.17) is 11.5 Å². The number of fused-ring (bicyclic) bond motifs is 2. The van der Waals surface area contributed by atoms with Gasteiger partial charge in [-0.15, -0.1) is 0 Å². The maximum atomic E-state index is 13.4. The van der Waals surface area contributed by atoms with E-state index in [0.29, 0.717) is 30.6 Å². The summed E-state index contributed by atoms with van der Waals surface area (Å²) in [5.74, 6) is -2.90. The van der Waals surface area contributed by atoms with Crippen molar-refractivity contribution in [1.82, 2.24) is 16.0 Å². The highest BCUT2D eigenvalue weighted by Gasteiger charge is 2.28. The van der Waals surface area contributed by atoms with Gasteiger partial charge < -0.3 is 37.8 Å². The van der Waals surface area contributed by atoms with Gasteiger partial charge in [-0.1, -0.05) is 6.07 Å². The van der Waals surface area contributed by atoms with Gasteiger partial charge in [0.15, 0.2) is 0 Å². The van der Waals surface area contributed by atoms with Crippen LogP contribution in [0.1, 0.15) is 45.5 Å². The Balaban J connectivity index is 2.13. The second-order valence-corrected chi connectivity index (χ2v) is 8.62. The van der Waals surface area contributed by atoms with Crippen molar-refractivity contribution in [1.29, 1.82) is 0 Å². The van der Waals surface area contributed by atoms with Gasteiger partial charge in [0.25, 0.3) is 11.6 Å². The normalized spacial score (nSPS) is 18.0. The van der Waals surface area contributed by atoms with E-state index in [9.17, 15) is 34.4 Å². The third-order valence-electron chi connectivity index (χ3n) is 5.96. The fourth-order valence-corrected chi connectivity index (χ4v) is 3.86. The van der Waals surface area contributed by atoms with E-state index in [-0.39, 0.29) is 35.5 Å². The molecule has 0 bridgehead atoms. The van der Waals surface area contributed by atoms with Crippen molar-refractivity contribution >= 4 is 40.7 Å². The molecule has 0 saturated carbocycles. The topological polar surface area (TPSA) is 232 Å². The number of benzene rings is 2. The summed E-state index contributed by atoms with van der Waals surface area (Å²) in [5, 5.41) is 31.8. The van der Waals surface area contributed by atoms with Crippen LogP contribution in [0.2, 0.25) is 0 Å². The predicted molar refractivity (Wildman–Crippen MR) is 136 cm³/mol. The predicted octanol–water partition coefficient (Wildman–Crippen LogP) is -0.228. The zero-order valence-electron chi connectivity index (χ0n) is 20.4. The van der Waals surface area contributed by atoms with E-state index in [0.717, 1.165) is 6.07 Å². The first kappa shape index (κ1) is 28.0. The first-order chi connectivity index (χ1) is 18.1. The smallest absolute Gasteiger partial charge is 0.270 e. The van der Waals surface area contributed by atoms with Gasteiger partial charge in [0.2, 0.25) is 17.7 Å². The minimum Gasteiger partial charge on any atom is -0.394 e. The van der Waals surface area contributed by atoms with Gasteiger partial charge in [0.1, 0.15) is 12.1 Å². The molecule has 4 amide bonds. The van der Waals surface area contributed by atoms with Crippen LogP contribution in [0.5, 0.6) is 0 Å². The van der Waals surface area contributed by atoms with Crippen LogP contribution in [0.25, 0.3) is 0 Å². The molecule has 0 unspecified atom stereocenters. The lowest BCUT2D eigenvalue weighted by Crippen LogP contribution is -2.55. The van der Waals surface area contributed by atoms with E-state index in [1.54, 1.807) is 0 Å². The van der Waals surface area contributed by atoms with Gasteiger partial charge in [-0.2, -0.15) is 0 Å². The molecule has 3 rings (SSSR count). The second kappa shape index (κ2) is 12.6. The minimum absolute atomic E-state index is 0.0823. The molecule has 0 radical (unpaired) electrons. The van der Waals surface area contributed by atoms with Gasteiger partial charge in [-0.25, -0.2) is 0 Å². The third kappa shape index (κ3) is 6.80. The molecule has 9 N–H and O–H groups in total. The molecule has 14 nitrogen and oxygen atoms in total. The van der Waals surface area contributed by atoms with Crippen molar-refractivity contribution in [2.75, 3.05) is 18.5 Å². The number of hydrogen-bond acceptors (Lipinski definition) is 9. The zero-order valence-corrected chi connectivity index (χ0v) is 20.4. The van der Waals surface area contributed by atoms with Crippen molar-refractivity contribution in [3.8, 4) is 0 Å². The molecular weight excluding hydrogens is 498 g/mol. The van der Waals surface area contributed by atoms with E-state index in [1.807, 2.05) is 0 Å². The molecular formula is C24H29N7O7. The largest absolute Gasteiger partial charge is 0.394 e. The number of non-ortho nitro benzene ring substituents is 1. The summed E-state index contributed by atoms with van der Waals surface area (Å²) in [5.41, 5.74) is 11.5. The highest BCUT2D eigenvalue weighted by atomic mass is 16.6. The molecule has 0 aliphatic carbocycles. The first-order valence-corrected chi connectivity index (χ1v) is 11.8. The molecule has 2 aromatic carbocycles. The average Bonchev–Trinajstić information content (AvgIpc) is 2.89. The zero-order chi connectivity index (χ0) is 27.8. The van der Waals surface area contributed by atoms with Gasteiger partial charge in [0.05, 0.1) is 22.8 Å². The summed E-state index contributed by atoms with van der Waals surface area (Å²) in [6.45, 7) is -0.432. The van der Waals surface area contributed by atoms with Crippen molar-refractivity contribution in [2.24, 2.45) is 11.5 Å². The molecule has 14 heteroatoms. The molecule has 38 heavy (non-hydrogen) atoms. The van der Waals surface area contributed by atoms with Crippen molar-refractivity contribution in [3.05, 3.63) is 63.2 Å².